The van der Waals surface area contributed by atoms with E-state index in [-0.39, 0.29) is 18.4 Å². The van der Waals surface area contributed by atoms with Gasteiger partial charge < -0.3 is 10.2 Å². The van der Waals surface area contributed by atoms with Gasteiger partial charge in [-0.25, -0.2) is 0 Å². The fourth-order valence-electron chi connectivity index (χ4n) is 1.90. The van der Waals surface area contributed by atoms with Crippen molar-refractivity contribution in [2.75, 3.05) is 19.6 Å². The Morgan fingerprint density at radius 1 is 1.33 bits per heavy atom. The van der Waals surface area contributed by atoms with Gasteiger partial charge in [0, 0.05) is 13.1 Å². The predicted molar refractivity (Wildman–Crippen MR) is 67.5 cm³/mol. The maximum Gasteiger partial charge on any atom is 0.241 e. The van der Waals surface area contributed by atoms with Gasteiger partial charge in [-0.2, -0.15) is 5.26 Å². The second-order valence-electron chi connectivity index (χ2n) is 4.92. The second-order valence-corrected chi connectivity index (χ2v) is 4.92. The highest BCUT2D eigenvalue weighted by atomic mass is 16.2. The van der Waals surface area contributed by atoms with Gasteiger partial charge in [-0.15, -0.1) is 0 Å². The van der Waals surface area contributed by atoms with Crippen LogP contribution in [0.5, 0.6) is 0 Å². The number of nitrogens with zero attached hydrogens (tertiary/aromatic N) is 2. The Kier molecular flexibility index (Phi) is 5.14. The van der Waals surface area contributed by atoms with Gasteiger partial charge >= 0.3 is 0 Å². The quantitative estimate of drug-likeness (QED) is 0.811. The second kappa shape index (κ2) is 6.39. The molecule has 1 aliphatic heterocycles. The van der Waals surface area contributed by atoms with Gasteiger partial charge in [-0.1, -0.05) is 6.92 Å². The van der Waals surface area contributed by atoms with Crippen molar-refractivity contribution in [1.82, 2.24) is 10.2 Å². The number of carbonyl (C=O) groups excluding carboxylic acids is 2. The van der Waals surface area contributed by atoms with E-state index in [0.717, 1.165) is 25.9 Å². The van der Waals surface area contributed by atoms with E-state index < -0.39 is 5.41 Å². The molecule has 0 aliphatic carbocycles. The molecule has 1 aliphatic rings. The third-order valence-corrected chi connectivity index (χ3v) is 3.56. The summed E-state index contributed by atoms with van der Waals surface area (Å²) in [6, 6.07) is 1.99. The Hall–Kier alpha value is -1.57. The summed E-state index contributed by atoms with van der Waals surface area (Å²) in [5.41, 5.74) is -1.04. The zero-order valence-electron chi connectivity index (χ0n) is 11.2. The summed E-state index contributed by atoms with van der Waals surface area (Å²) >= 11 is 0. The molecule has 0 saturated carbocycles. The number of rotatable bonds is 4. The normalized spacial score (nSPS) is 18.6. The molecule has 0 aromatic carbocycles. The Morgan fingerprint density at radius 3 is 2.44 bits per heavy atom. The molecule has 0 bridgehead atoms. The highest BCUT2D eigenvalue weighted by Gasteiger charge is 2.31. The topological polar surface area (TPSA) is 73.2 Å². The van der Waals surface area contributed by atoms with E-state index in [4.69, 9.17) is 5.26 Å². The lowest BCUT2D eigenvalue weighted by Crippen LogP contribution is -2.45. The number of piperidine rings is 1. The summed E-state index contributed by atoms with van der Waals surface area (Å²) in [7, 11) is 0. The highest BCUT2D eigenvalue weighted by molar-refractivity contribution is 5.89. The molecule has 100 valence electrons. The summed E-state index contributed by atoms with van der Waals surface area (Å²) in [6.07, 6.45) is 3.67. The van der Waals surface area contributed by atoms with Gasteiger partial charge in [0.2, 0.25) is 11.8 Å². The Bertz CT molecular complexity index is 356. The van der Waals surface area contributed by atoms with E-state index in [1.165, 1.54) is 6.42 Å². The summed E-state index contributed by atoms with van der Waals surface area (Å²) < 4.78 is 0. The third kappa shape index (κ3) is 3.46. The molecule has 0 aromatic rings. The van der Waals surface area contributed by atoms with Crippen LogP contribution in [-0.2, 0) is 9.59 Å². The van der Waals surface area contributed by atoms with Crippen LogP contribution < -0.4 is 5.32 Å². The van der Waals surface area contributed by atoms with Crippen LogP contribution >= 0.6 is 0 Å². The fourth-order valence-corrected chi connectivity index (χ4v) is 1.90. The summed E-state index contributed by atoms with van der Waals surface area (Å²) in [4.78, 5) is 25.4. The standard InChI is InChI=1S/C13H21N3O2/c1-3-13(2,10-14)12(18)15-9-11(17)16-7-5-4-6-8-16/h3-9H2,1-2H3,(H,15,18). The SMILES string of the molecule is CCC(C)(C#N)C(=O)NCC(=O)N1CCCCC1. The number of hydrogen-bond acceptors (Lipinski definition) is 3. The zero-order chi connectivity index (χ0) is 13.6. The lowest BCUT2D eigenvalue weighted by Gasteiger charge is -2.27. The first-order valence-corrected chi connectivity index (χ1v) is 6.51. The van der Waals surface area contributed by atoms with Crippen LogP contribution in [0.3, 0.4) is 0 Å². The number of hydrogen-bond donors (Lipinski definition) is 1. The third-order valence-electron chi connectivity index (χ3n) is 3.56. The number of likely N-dealkylation sites (tertiary alicyclic amines) is 1. The van der Waals surface area contributed by atoms with Crippen molar-refractivity contribution in [1.29, 1.82) is 5.26 Å². The molecule has 18 heavy (non-hydrogen) atoms. The van der Waals surface area contributed by atoms with Crippen LogP contribution in [0.25, 0.3) is 0 Å². The molecule has 1 heterocycles. The molecule has 2 amide bonds. The molecule has 1 rings (SSSR count). The van der Waals surface area contributed by atoms with Crippen molar-refractivity contribution < 1.29 is 9.59 Å². The van der Waals surface area contributed by atoms with Crippen molar-refractivity contribution in [3.8, 4) is 6.07 Å². The maximum atomic E-state index is 11.8. The molecule has 1 N–H and O–H groups in total. The maximum absolute atomic E-state index is 11.8. The lowest BCUT2D eigenvalue weighted by atomic mass is 9.88. The van der Waals surface area contributed by atoms with Crippen LogP contribution in [0, 0.1) is 16.7 Å². The average Bonchev–Trinajstić information content (AvgIpc) is 2.44. The Morgan fingerprint density at radius 2 is 1.94 bits per heavy atom. The van der Waals surface area contributed by atoms with E-state index >= 15 is 0 Å². The highest BCUT2D eigenvalue weighted by Crippen LogP contribution is 2.19. The van der Waals surface area contributed by atoms with Gasteiger partial charge in [-0.05, 0) is 32.6 Å². The Labute approximate surface area is 108 Å². The number of nitrogens with one attached hydrogen (secondary N) is 1. The zero-order valence-corrected chi connectivity index (χ0v) is 11.2. The van der Waals surface area contributed by atoms with Gasteiger partial charge in [0.05, 0.1) is 12.6 Å². The summed E-state index contributed by atoms with van der Waals surface area (Å²) in [6.45, 7) is 4.93. The fraction of sp³-hybridized carbons (Fsp3) is 0.769. The number of carbonyl (C=O) groups is 2. The van der Waals surface area contributed by atoms with E-state index in [0.29, 0.717) is 6.42 Å². The van der Waals surface area contributed by atoms with E-state index in [2.05, 4.69) is 5.32 Å². The smallest absolute Gasteiger partial charge is 0.241 e. The largest absolute Gasteiger partial charge is 0.346 e. The van der Waals surface area contributed by atoms with E-state index in [9.17, 15) is 9.59 Å². The Balaban J connectivity index is 2.43. The van der Waals surface area contributed by atoms with Crippen molar-refractivity contribution in [2.45, 2.75) is 39.5 Å². The first-order valence-electron chi connectivity index (χ1n) is 6.51. The molecular formula is C13H21N3O2. The molecule has 0 spiro atoms. The average molecular weight is 251 g/mol. The van der Waals surface area contributed by atoms with Crippen LogP contribution in [-0.4, -0.2) is 36.3 Å². The minimum absolute atomic E-state index is 0.00387. The van der Waals surface area contributed by atoms with Crippen LogP contribution in [0.4, 0.5) is 0 Å². The van der Waals surface area contributed by atoms with Gasteiger partial charge in [0.15, 0.2) is 0 Å². The number of nitriles is 1. The first kappa shape index (κ1) is 14.5. The lowest BCUT2D eigenvalue weighted by molar-refractivity contribution is -0.135. The van der Waals surface area contributed by atoms with Crippen molar-refractivity contribution in [3.63, 3.8) is 0 Å². The summed E-state index contributed by atoms with van der Waals surface area (Å²) in [5, 5.41) is 11.5. The molecule has 1 saturated heterocycles. The monoisotopic (exact) mass is 251 g/mol. The molecule has 5 heteroatoms. The van der Waals surface area contributed by atoms with Crippen molar-refractivity contribution >= 4 is 11.8 Å². The molecular weight excluding hydrogens is 230 g/mol. The van der Waals surface area contributed by atoms with Crippen LogP contribution in [0.1, 0.15) is 39.5 Å². The van der Waals surface area contributed by atoms with Gasteiger partial charge in [-0.3, -0.25) is 9.59 Å². The molecule has 1 atom stereocenters. The predicted octanol–water partition coefficient (Wildman–Crippen LogP) is 1.05. The van der Waals surface area contributed by atoms with E-state index in [1.807, 2.05) is 6.07 Å². The van der Waals surface area contributed by atoms with Gasteiger partial charge in [0.1, 0.15) is 5.41 Å². The van der Waals surface area contributed by atoms with E-state index in [1.54, 1.807) is 18.7 Å². The molecule has 0 radical (unpaired) electrons. The number of amides is 2. The minimum atomic E-state index is -1.04. The molecule has 1 fully saturated rings. The minimum Gasteiger partial charge on any atom is -0.346 e. The molecule has 5 nitrogen and oxygen atoms in total. The van der Waals surface area contributed by atoms with Crippen LogP contribution in [0.15, 0.2) is 0 Å². The van der Waals surface area contributed by atoms with Crippen molar-refractivity contribution in [3.05, 3.63) is 0 Å². The first-order chi connectivity index (χ1) is 8.53. The molecule has 0 aromatic heterocycles. The van der Waals surface area contributed by atoms with Crippen LogP contribution in [0.2, 0.25) is 0 Å². The van der Waals surface area contributed by atoms with Gasteiger partial charge in [0.25, 0.3) is 0 Å². The summed E-state index contributed by atoms with van der Waals surface area (Å²) in [5.74, 6) is -0.419. The molecule has 1 unspecified atom stereocenters. The van der Waals surface area contributed by atoms with Crippen molar-refractivity contribution in [2.24, 2.45) is 5.41 Å².